The summed E-state index contributed by atoms with van der Waals surface area (Å²) in [5, 5.41) is 7.41. The van der Waals surface area contributed by atoms with Gasteiger partial charge in [-0.05, 0) is 48.0 Å². The molecular formula is C16H16IN8OP. The fourth-order valence-electron chi connectivity index (χ4n) is 2.90. The van der Waals surface area contributed by atoms with Gasteiger partial charge in [-0.25, -0.2) is 24.4 Å². The summed E-state index contributed by atoms with van der Waals surface area (Å²) in [7, 11) is 0. The molecule has 1 unspecified atom stereocenters. The average Bonchev–Trinajstić information content (AvgIpc) is 3.17. The molecule has 9 nitrogen and oxygen atoms in total. The van der Waals surface area contributed by atoms with Gasteiger partial charge in [0.05, 0.1) is 24.8 Å². The number of halogens is 1. The molecule has 0 aliphatic carbocycles. The lowest BCUT2D eigenvalue weighted by Gasteiger charge is -2.27. The van der Waals surface area contributed by atoms with Crippen molar-refractivity contribution in [3.05, 3.63) is 30.4 Å². The van der Waals surface area contributed by atoms with E-state index in [1.807, 2.05) is 26.0 Å². The van der Waals surface area contributed by atoms with E-state index in [0.717, 1.165) is 11.3 Å². The quantitative estimate of drug-likeness (QED) is 0.440. The minimum Gasteiger partial charge on any atom is -0.358 e. The molecular weight excluding hydrogens is 478 g/mol. The summed E-state index contributed by atoms with van der Waals surface area (Å²) >= 11 is 2.25. The van der Waals surface area contributed by atoms with Crippen molar-refractivity contribution in [2.45, 2.75) is 13.8 Å². The van der Waals surface area contributed by atoms with E-state index in [4.69, 9.17) is 0 Å². The molecule has 3 aromatic heterocycles. The highest BCUT2D eigenvalue weighted by Gasteiger charge is 2.25. The van der Waals surface area contributed by atoms with Crippen LogP contribution in [-0.4, -0.2) is 48.5 Å². The lowest BCUT2D eigenvalue weighted by molar-refractivity contribution is -0.117. The molecule has 3 aromatic rings. The first kappa shape index (κ1) is 18.2. The number of aromatic nitrogens is 6. The van der Waals surface area contributed by atoms with Crippen molar-refractivity contribution in [3.63, 3.8) is 0 Å². The zero-order chi connectivity index (χ0) is 19.0. The molecule has 0 fully saturated rings. The van der Waals surface area contributed by atoms with E-state index in [9.17, 15) is 4.79 Å². The van der Waals surface area contributed by atoms with Crippen molar-refractivity contribution in [2.24, 2.45) is 0 Å². The van der Waals surface area contributed by atoms with Gasteiger partial charge >= 0.3 is 0 Å². The number of carbonyl (C=O) groups is 1. The Kier molecular flexibility index (Phi) is 5.00. The van der Waals surface area contributed by atoms with Crippen molar-refractivity contribution in [3.8, 4) is 22.8 Å². The normalized spacial score (nSPS) is 13.9. The average molecular weight is 494 g/mol. The van der Waals surface area contributed by atoms with Gasteiger partial charge in [0.2, 0.25) is 5.91 Å². The Bertz CT molecular complexity index is 1020. The summed E-state index contributed by atoms with van der Waals surface area (Å²) in [6.45, 7) is 4.62. The van der Waals surface area contributed by atoms with Crippen LogP contribution >= 0.6 is 28.4 Å². The van der Waals surface area contributed by atoms with Crippen molar-refractivity contribution in [1.29, 1.82) is 0 Å². The number of likely N-dealkylation sites (N-methyl/N-ethyl adjacent to an activating group) is 1. The van der Waals surface area contributed by atoms with Gasteiger partial charge in [0.1, 0.15) is 12.0 Å². The third-order valence-corrected chi connectivity index (χ3v) is 6.07. The number of anilines is 2. The molecule has 4 rings (SSSR count). The zero-order valence-electron chi connectivity index (χ0n) is 14.6. The van der Waals surface area contributed by atoms with Gasteiger partial charge in [-0.1, -0.05) is 0 Å². The van der Waals surface area contributed by atoms with Crippen LogP contribution in [0.15, 0.2) is 24.7 Å². The molecule has 0 bridgehead atoms. The first-order chi connectivity index (χ1) is 13.1. The number of amides is 1. The van der Waals surface area contributed by atoms with Crippen molar-refractivity contribution in [1.82, 2.24) is 29.5 Å². The summed E-state index contributed by atoms with van der Waals surface area (Å²) < 4.78 is 1.78. The molecule has 1 amide bonds. The minimum atomic E-state index is -0.0146. The van der Waals surface area contributed by atoms with Gasteiger partial charge in [-0.3, -0.25) is 9.69 Å². The van der Waals surface area contributed by atoms with Crippen LogP contribution in [-0.2, 0) is 4.79 Å². The SMILES string of the molecule is CCN1C(=O)CNc2ncc(-c3ccc(-c4ncn(PI)n4)nc3C)nc21. The predicted molar refractivity (Wildman–Crippen MR) is 113 cm³/mol. The number of hydrogen-bond acceptors (Lipinski definition) is 7. The molecule has 11 heteroatoms. The van der Waals surface area contributed by atoms with E-state index in [2.05, 4.69) is 52.4 Å². The van der Waals surface area contributed by atoms with Crippen molar-refractivity contribution in [2.75, 3.05) is 23.3 Å². The van der Waals surface area contributed by atoms with Gasteiger partial charge in [0.15, 0.2) is 17.5 Å². The van der Waals surface area contributed by atoms with Gasteiger partial charge in [-0.2, -0.15) is 0 Å². The summed E-state index contributed by atoms with van der Waals surface area (Å²) in [5.41, 5.74) is 3.04. The van der Waals surface area contributed by atoms with E-state index >= 15 is 0 Å². The van der Waals surface area contributed by atoms with Crippen LogP contribution in [0.25, 0.3) is 22.8 Å². The lowest BCUT2D eigenvalue weighted by atomic mass is 10.1. The van der Waals surface area contributed by atoms with E-state index in [1.165, 1.54) is 0 Å². The largest absolute Gasteiger partial charge is 0.358 e. The fraction of sp³-hybridized carbons (Fsp3) is 0.250. The summed E-state index contributed by atoms with van der Waals surface area (Å²) in [5.74, 6) is 1.76. The highest BCUT2D eigenvalue weighted by molar-refractivity contribution is 14.2. The topological polar surface area (TPSA) is 102 Å². The molecule has 138 valence electrons. The van der Waals surface area contributed by atoms with Crippen LogP contribution in [0, 0.1) is 6.92 Å². The third-order valence-electron chi connectivity index (χ3n) is 4.20. The highest BCUT2D eigenvalue weighted by atomic mass is 127. The second kappa shape index (κ2) is 7.43. The Balaban J connectivity index is 1.72. The third kappa shape index (κ3) is 3.39. The standard InChI is InChI=1S/C16H16IN8OP/c1-3-24-13(26)7-19-15-16(24)22-12(6-18-15)10-4-5-11(21-9(10)2)14-20-8-25(23-14)27-17/h4-6,8,27H,3,7H2,1-2H3,(H,18,19). The van der Waals surface area contributed by atoms with Gasteiger partial charge in [-0.15, -0.1) is 5.10 Å². The number of pyridine rings is 1. The molecule has 0 saturated heterocycles. The molecule has 27 heavy (non-hydrogen) atoms. The Morgan fingerprint density at radius 2 is 2.11 bits per heavy atom. The van der Waals surface area contributed by atoms with Crippen LogP contribution in [0.2, 0.25) is 0 Å². The van der Waals surface area contributed by atoms with Gasteiger partial charge in [0, 0.05) is 17.8 Å². The predicted octanol–water partition coefficient (Wildman–Crippen LogP) is 2.68. The first-order valence-electron chi connectivity index (χ1n) is 8.28. The first-order valence-corrected chi connectivity index (χ1v) is 12.3. The molecule has 1 aliphatic rings. The van der Waals surface area contributed by atoms with Crippen LogP contribution in [0.4, 0.5) is 11.6 Å². The lowest BCUT2D eigenvalue weighted by Crippen LogP contribution is -2.40. The maximum absolute atomic E-state index is 12.1. The fourth-order valence-corrected chi connectivity index (χ4v) is 3.83. The minimum absolute atomic E-state index is 0.0146. The second-order valence-electron chi connectivity index (χ2n) is 5.85. The summed E-state index contributed by atoms with van der Waals surface area (Å²) in [6, 6.07) is 3.82. The Morgan fingerprint density at radius 3 is 2.81 bits per heavy atom. The second-order valence-corrected chi connectivity index (χ2v) is 7.92. The summed E-state index contributed by atoms with van der Waals surface area (Å²) in [4.78, 5) is 31.8. The Hall–Kier alpha value is -2.20. The molecule has 1 N–H and O–H groups in total. The maximum Gasteiger partial charge on any atom is 0.247 e. The van der Waals surface area contributed by atoms with Crippen LogP contribution in [0.3, 0.4) is 0 Å². The molecule has 0 radical (unpaired) electrons. The Morgan fingerprint density at radius 1 is 1.26 bits per heavy atom. The van der Waals surface area contributed by atoms with Gasteiger partial charge in [0.25, 0.3) is 0 Å². The number of hydrogen-bond donors (Lipinski definition) is 1. The molecule has 1 atom stereocenters. The number of rotatable bonds is 4. The molecule has 0 saturated carbocycles. The number of carbonyl (C=O) groups excluding carboxylic acids is 1. The highest BCUT2D eigenvalue weighted by Crippen LogP contribution is 2.30. The van der Waals surface area contributed by atoms with Crippen LogP contribution < -0.4 is 10.2 Å². The van der Waals surface area contributed by atoms with Crippen molar-refractivity contribution < 1.29 is 4.79 Å². The van der Waals surface area contributed by atoms with E-state index < -0.39 is 0 Å². The number of fused-ring (bicyclic) bond motifs is 1. The molecule has 1 aliphatic heterocycles. The van der Waals surface area contributed by atoms with E-state index in [1.54, 1.807) is 21.9 Å². The zero-order valence-corrected chi connectivity index (χ0v) is 17.8. The number of nitrogens with zero attached hydrogens (tertiary/aromatic N) is 7. The van der Waals surface area contributed by atoms with Crippen molar-refractivity contribution >= 4 is 46.0 Å². The van der Waals surface area contributed by atoms with Gasteiger partial charge < -0.3 is 5.32 Å². The number of aryl methyl sites for hydroxylation is 1. The molecule has 0 spiro atoms. The number of nitrogens with one attached hydrogen (secondary N) is 1. The summed E-state index contributed by atoms with van der Waals surface area (Å²) in [6.07, 6.45) is 3.89. The van der Waals surface area contributed by atoms with E-state index in [0.29, 0.717) is 41.8 Å². The smallest absolute Gasteiger partial charge is 0.247 e. The van der Waals surface area contributed by atoms with Crippen LogP contribution in [0.5, 0.6) is 0 Å². The molecule has 0 aromatic carbocycles. The van der Waals surface area contributed by atoms with E-state index in [-0.39, 0.29) is 12.5 Å². The maximum atomic E-state index is 12.1. The Labute approximate surface area is 170 Å². The monoisotopic (exact) mass is 494 g/mol. The van der Waals surface area contributed by atoms with Crippen LogP contribution in [0.1, 0.15) is 12.6 Å². The molecule has 4 heterocycles.